The monoisotopic (exact) mass is 301 g/mol. The smallest absolute Gasteiger partial charge is 0.494 e. The van der Waals surface area contributed by atoms with Gasteiger partial charge in [-0.1, -0.05) is 0 Å². The number of halogens is 5. The van der Waals surface area contributed by atoms with Crippen LogP contribution in [0.1, 0.15) is 17.7 Å². The summed E-state index contributed by atoms with van der Waals surface area (Å²) >= 11 is 0. The van der Waals surface area contributed by atoms with E-state index in [1.165, 1.54) is 0 Å². The van der Waals surface area contributed by atoms with E-state index in [1.807, 2.05) is 0 Å². The molecule has 0 saturated heterocycles. The van der Waals surface area contributed by atoms with Crippen LogP contribution in [0.25, 0.3) is 0 Å². The first-order chi connectivity index (χ1) is 9.14. The van der Waals surface area contributed by atoms with E-state index in [1.54, 1.807) is 0 Å². The second-order valence-corrected chi connectivity index (χ2v) is 3.45. The third kappa shape index (κ3) is 4.21. The highest BCUT2D eigenvalue weighted by molar-refractivity contribution is 5.71. The number of hydrogen-bond acceptors (Lipinski definition) is 4. The van der Waals surface area contributed by atoms with Gasteiger partial charge in [-0.15, -0.1) is 13.2 Å². The zero-order chi connectivity index (χ0) is 15.5. The fourth-order valence-corrected chi connectivity index (χ4v) is 1.41. The summed E-state index contributed by atoms with van der Waals surface area (Å²) in [5, 5.41) is 8.59. The van der Waals surface area contributed by atoms with Gasteiger partial charge in [-0.3, -0.25) is 4.79 Å². The van der Waals surface area contributed by atoms with Crippen LogP contribution in [0, 0.1) is 0 Å². The minimum Gasteiger partial charge on any atom is -0.494 e. The maximum Gasteiger partial charge on any atom is 0.574 e. The van der Waals surface area contributed by atoms with E-state index in [9.17, 15) is 26.7 Å². The zero-order valence-electron chi connectivity index (χ0n) is 9.87. The lowest BCUT2D eigenvalue weighted by Gasteiger charge is -2.15. The van der Waals surface area contributed by atoms with E-state index in [4.69, 9.17) is 5.11 Å². The summed E-state index contributed by atoms with van der Waals surface area (Å²) in [4.78, 5) is 13.8. The molecule has 1 rings (SSSR count). The summed E-state index contributed by atoms with van der Waals surface area (Å²) in [6, 6.07) is 0.350. The number of aromatic nitrogens is 1. The van der Waals surface area contributed by atoms with Gasteiger partial charge in [0.15, 0.2) is 0 Å². The number of hydrogen-bond donors (Lipinski definition) is 1. The van der Waals surface area contributed by atoms with Gasteiger partial charge in [0.2, 0.25) is 5.88 Å². The van der Waals surface area contributed by atoms with E-state index in [-0.39, 0.29) is 0 Å². The van der Waals surface area contributed by atoms with Crippen LogP contribution in [0.4, 0.5) is 22.0 Å². The number of pyridine rings is 1. The molecule has 0 saturated carbocycles. The maximum absolute atomic E-state index is 12.8. The molecular weight excluding hydrogens is 293 g/mol. The molecule has 0 aliphatic carbocycles. The Morgan fingerprint density at radius 2 is 2.05 bits per heavy atom. The number of alkyl halides is 5. The molecule has 1 aromatic heterocycles. The van der Waals surface area contributed by atoms with Gasteiger partial charge >= 0.3 is 12.3 Å². The Bertz CT molecular complexity index is 503. The number of aliphatic carboxylic acids is 1. The molecule has 0 aliphatic rings. The molecular formula is C10H8F5NO4. The van der Waals surface area contributed by atoms with Crippen LogP contribution in [0.3, 0.4) is 0 Å². The summed E-state index contributed by atoms with van der Waals surface area (Å²) in [5.74, 6) is -3.23. The third-order valence-electron chi connectivity index (χ3n) is 2.03. The zero-order valence-corrected chi connectivity index (χ0v) is 9.87. The van der Waals surface area contributed by atoms with Gasteiger partial charge in [0, 0.05) is 6.07 Å². The van der Waals surface area contributed by atoms with Gasteiger partial charge in [-0.25, -0.2) is 13.8 Å². The second-order valence-electron chi connectivity index (χ2n) is 3.45. The van der Waals surface area contributed by atoms with Crippen LogP contribution in [0.5, 0.6) is 11.6 Å². The van der Waals surface area contributed by atoms with Crippen LogP contribution in [-0.4, -0.2) is 29.5 Å². The Labute approximate surface area is 108 Å². The van der Waals surface area contributed by atoms with Crippen molar-refractivity contribution < 1.29 is 41.3 Å². The molecule has 0 aliphatic heterocycles. The molecule has 0 bridgehead atoms. The van der Waals surface area contributed by atoms with Gasteiger partial charge < -0.3 is 14.6 Å². The molecule has 0 fully saturated rings. The molecule has 0 spiro atoms. The molecule has 1 N–H and O–H groups in total. The van der Waals surface area contributed by atoms with Crippen molar-refractivity contribution in [2.24, 2.45) is 0 Å². The first-order valence-electron chi connectivity index (χ1n) is 4.97. The third-order valence-corrected chi connectivity index (χ3v) is 2.03. The lowest BCUT2D eigenvalue weighted by atomic mass is 10.1. The minimum atomic E-state index is -5.14. The first-order valence-corrected chi connectivity index (χ1v) is 4.97. The second kappa shape index (κ2) is 5.88. The van der Waals surface area contributed by atoms with Crippen LogP contribution >= 0.6 is 0 Å². The quantitative estimate of drug-likeness (QED) is 0.846. The van der Waals surface area contributed by atoms with Gasteiger partial charge in [0.25, 0.3) is 6.43 Å². The average Bonchev–Trinajstić information content (AvgIpc) is 2.25. The fourth-order valence-electron chi connectivity index (χ4n) is 1.41. The molecule has 1 heterocycles. The van der Waals surface area contributed by atoms with Crippen molar-refractivity contribution in [3.05, 3.63) is 17.3 Å². The Hall–Kier alpha value is -2.13. The van der Waals surface area contributed by atoms with Crippen molar-refractivity contribution in [2.75, 3.05) is 7.11 Å². The lowest BCUT2D eigenvalue weighted by Crippen LogP contribution is -2.19. The number of nitrogens with zero attached hydrogens (tertiary/aromatic N) is 1. The minimum absolute atomic E-state index is 0.350. The van der Waals surface area contributed by atoms with Crippen molar-refractivity contribution in [3.63, 3.8) is 0 Å². The van der Waals surface area contributed by atoms with E-state index >= 15 is 0 Å². The summed E-state index contributed by atoms with van der Waals surface area (Å²) < 4.78 is 69.7. The predicted octanol–water partition coefficient (Wildman–Crippen LogP) is 2.55. The topological polar surface area (TPSA) is 68.7 Å². The summed E-state index contributed by atoms with van der Waals surface area (Å²) in [5.41, 5.74) is -1.52. The summed E-state index contributed by atoms with van der Waals surface area (Å²) in [6.45, 7) is 0. The van der Waals surface area contributed by atoms with Gasteiger partial charge in [0.05, 0.1) is 24.8 Å². The summed E-state index contributed by atoms with van der Waals surface area (Å²) in [6.07, 6.45) is -9.21. The molecule has 10 heteroatoms. The van der Waals surface area contributed by atoms with Crippen LogP contribution < -0.4 is 9.47 Å². The molecule has 0 aromatic carbocycles. The molecule has 112 valence electrons. The molecule has 0 amide bonds. The Kier molecular flexibility index (Phi) is 4.69. The Balaban J connectivity index is 3.35. The molecule has 1 aromatic rings. The van der Waals surface area contributed by atoms with E-state index in [2.05, 4.69) is 14.5 Å². The molecule has 5 nitrogen and oxygen atoms in total. The normalized spacial score (nSPS) is 11.6. The Morgan fingerprint density at radius 3 is 2.45 bits per heavy atom. The van der Waals surface area contributed by atoms with Crippen molar-refractivity contribution in [1.82, 2.24) is 4.98 Å². The van der Waals surface area contributed by atoms with Crippen LogP contribution in [0.2, 0.25) is 0 Å². The SMILES string of the molecule is COc1c(C(F)F)cc(OC(F)(F)F)nc1CC(=O)O. The molecule has 0 atom stereocenters. The predicted molar refractivity (Wildman–Crippen MR) is 53.8 cm³/mol. The molecule has 0 unspecified atom stereocenters. The average molecular weight is 301 g/mol. The highest BCUT2D eigenvalue weighted by atomic mass is 19.4. The highest BCUT2D eigenvalue weighted by Crippen LogP contribution is 2.35. The van der Waals surface area contributed by atoms with Crippen molar-refractivity contribution in [2.45, 2.75) is 19.2 Å². The van der Waals surface area contributed by atoms with Crippen LogP contribution in [-0.2, 0) is 11.2 Å². The summed E-state index contributed by atoms with van der Waals surface area (Å²) in [7, 11) is 0.971. The fraction of sp³-hybridized carbons (Fsp3) is 0.400. The highest BCUT2D eigenvalue weighted by Gasteiger charge is 2.33. The molecule has 0 radical (unpaired) electrons. The van der Waals surface area contributed by atoms with Gasteiger partial charge in [0.1, 0.15) is 5.75 Å². The van der Waals surface area contributed by atoms with Crippen molar-refractivity contribution in [3.8, 4) is 11.6 Å². The van der Waals surface area contributed by atoms with E-state index in [0.717, 1.165) is 7.11 Å². The van der Waals surface area contributed by atoms with Gasteiger partial charge in [-0.2, -0.15) is 0 Å². The number of ether oxygens (including phenoxy) is 2. The number of carboxylic acid groups (broad SMARTS) is 1. The first kappa shape index (κ1) is 15.9. The van der Waals surface area contributed by atoms with Gasteiger partial charge in [-0.05, 0) is 0 Å². The largest absolute Gasteiger partial charge is 0.574 e. The van der Waals surface area contributed by atoms with E-state index < -0.39 is 48.1 Å². The van der Waals surface area contributed by atoms with Crippen molar-refractivity contribution >= 4 is 5.97 Å². The number of carboxylic acids is 1. The lowest BCUT2D eigenvalue weighted by molar-refractivity contribution is -0.276. The maximum atomic E-state index is 12.8. The Morgan fingerprint density at radius 1 is 1.45 bits per heavy atom. The standard InChI is InChI=1S/C10H8F5NO4/c1-19-8-4(9(11)12)2-6(20-10(13,14)15)16-5(8)3-7(17)18/h2,9H,3H2,1H3,(H,17,18). The number of rotatable bonds is 5. The number of methoxy groups -OCH3 is 1. The van der Waals surface area contributed by atoms with Crippen LogP contribution in [0.15, 0.2) is 6.07 Å². The van der Waals surface area contributed by atoms with Crippen molar-refractivity contribution in [1.29, 1.82) is 0 Å². The van der Waals surface area contributed by atoms with E-state index in [0.29, 0.717) is 6.07 Å². The molecule has 20 heavy (non-hydrogen) atoms. The number of carbonyl (C=O) groups is 1.